The van der Waals surface area contributed by atoms with Crippen molar-refractivity contribution in [2.75, 3.05) is 0 Å². The highest BCUT2D eigenvalue weighted by molar-refractivity contribution is 9.11. The van der Waals surface area contributed by atoms with Crippen molar-refractivity contribution in [3.63, 3.8) is 0 Å². The number of carbonyl (C=O) groups is 1. The average molecular weight is 371 g/mol. The van der Waals surface area contributed by atoms with Crippen LogP contribution in [0.3, 0.4) is 0 Å². The van der Waals surface area contributed by atoms with Gasteiger partial charge in [0.05, 0.1) is 12.2 Å². The summed E-state index contributed by atoms with van der Waals surface area (Å²) in [5.74, 6) is -0.150. The van der Waals surface area contributed by atoms with Gasteiger partial charge in [-0.05, 0) is 30.3 Å². The summed E-state index contributed by atoms with van der Waals surface area (Å²) < 4.78 is 1.70. The zero-order chi connectivity index (χ0) is 13.0. The van der Waals surface area contributed by atoms with Crippen molar-refractivity contribution in [1.29, 1.82) is 0 Å². The summed E-state index contributed by atoms with van der Waals surface area (Å²) in [6.45, 7) is 0.358. The fourth-order valence-electron chi connectivity index (χ4n) is 1.39. The van der Waals surface area contributed by atoms with E-state index in [0.717, 1.165) is 14.6 Å². The van der Waals surface area contributed by atoms with Crippen molar-refractivity contribution in [3.8, 4) is 0 Å². The molecule has 0 bridgehead atoms. The van der Waals surface area contributed by atoms with Gasteiger partial charge in [0, 0.05) is 20.7 Å². The molecule has 1 heterocycles. The van der Waals surface area contributed by atoms with Gasteiger partial charge < -0.3 is 5.32 Å². The second kappa shape index (κ2) is 6.06. The van der Waals surface area contributed by atoms with Crippen molar-refractivity contribution < 1.29 is 4.79 Å². The second-order valence-corrected chi connectivity index (χ2v) is 5.39. The number of nitrogens with one attached hydrogen (secondary N) is 1. The Morgan fingerprint density at radius 2 is 1.94 bits per heavy atom. The largest absolute Gasteiger partial charge is 0.346 e. The number of halogens is 2. The van der Waals surface area contributed by atoms with Crippen LogP contribution in [0.4, 0.5) is 0 Å². The summed E-state index contributed by atoms with van der Waals surface area (Å²) in [5, 5.41) is 10.4. The van der Waals surface area contributed by atoms with Gasteiger partial charge in [-0.1, -0.05) is 31.9 Å². The molecule has 0 aliphatic rings. The maximum absolute atomic E-state index is 11.9. The number of benzene rings is 1. The van der Waals surface area contributed by atoms with Gasteiger partial charge in [-0.15, -0.1) is 0 Å². The van der Waals surface area contributed by atoms with Crippen LogP contribution in [0, 0.1) is 0 Å². The first-order valence-electron chi connectivity index (χ1n) is 5.16. The van der Waals surface area contributed by atoms with E-state index in [4.69, 9.17) is 0 Å². The van der Waals surface area contributed by atoms with Gasteiger partial charge in [0.2, 0.25) is 0 Å². The fraction of sp³-hybridized carbons (Fsp3) is 0.0833. The van der Waals surface area contributed by atoms with Crippen LogP contribution in [0.5, 0.6) is 0 Å². The van der Waals surface area contributed by atoms with Gasteiger partial charge in [0.25, 0.3) is 5.91 Å². The molecule has 0 aliphatic heterocycles. The molecule has 0 atom stereocenters. The van der Waals surface area contributed by atoms with E-state index in [9.17, 15) is 4.79 Å². The van der Waals surface area contributed by atoms with E-state index in [0.29, 0.717) is 12.1 Å². The molecular formula is C12H9Br2N3O. The summed E-state index contributed by atoms with van der Waals surface area (Å²) >= 11 is 6.69. The number of carbonyl (C=O) groups excluding carboxylic acids is 1. The van der Waals surface area contributed by atoms with Crippen molar-refractivity contribution >= 4 is 37.8 Å². The highest BCUT2D eigenvalue weighted by Crippen LogP contribution is 2.20. The second-order valence-electron chi connectivity index (χ2n) is 3.56. The van der Waals surface area contributed by atoms with E-state index >= 15 is 0 Å². The summed E-state index contributed by atoms with van der Waals surface area (Å²) in [4.78, 5) is 11.9. The number of nitrogens with zero attached hydrogens (tertiary/aromatic N) is 2. The molecule has 1 amide bonds. The molecule has 0 fully saturated rings. The molecule has 18 heavy (non-hydrogen) atoms. The standard InChI is InChI=1S/C12H9Br2N3O/c13-9-4-8(5-10(14)6-9)12(18)15-7-11-2-1-3-16-17-11/h1-6H,7H2,(H,15,18). The lowest BCUT2D eigenvalue weighted by molar-refractivity contribution is 0.0950. The molecule has 0 saturated heterocycles. The minimum atomic E-state index is -0.150. The molecule has 4 nitrogen and oxygen atoms in total. The summed E-state index contributed by atoms with van der Waals surface area (Å²) in [5.41, 5.74) is 1.31. The van der Waals surface area contributed by atoms with Crippen LogP contribution in [-0.4, -0.2) is 16.1 Å². The van der Waals surface area contributed by atoms with Crippen molar-refractivity contribution in [2.45, 2.75) is 6.54 Å². The highest BCUT2D eigenvalue weighted by atomic mass is 79.9. The molecule has 0 radical (unpaired) electrons. The Morgan fingerprint density at radius 1 is 1.22 bits per heavy atom. The Bertz CT molecular complexity index is 540. The number of amides is 1. The smallest absolute Gasteiger partial charge is 0.251 e. The summed E-state index contributed by atoms with van der Waals surface area (Å²) in [6.07, 6.45) is 1.59. The van der Waals surface area contributed by atoms with Crippen LogP contribution in [-0.2, 0) is 6.54 Å². The first-order valence-corrected chi connectivity index (χ1v) is 6.74. The third-order valence-corrected chi connectivity index (χ3v) is 3.10. The van der Waals surface area contributed by atoms with E-state index in [2.05, 4.69) is 47.4 Å². The molecule has 6 heteroatoms. The predicted octanol–water partition coefficient (Wildman–Crippen LogP) is 2.93. The van der Waals surface area contributed by atoms with Gasteiger partial charge in [-0.2, -0.15) is 10.2 Å². The Balaban J connectivity index is 2.04. The molecule has 1 aromatic carbocycles. The van der Waals surface area contributed by atoms with Crippen molar-refractivity contribution in [2.24, 2.45) is 0 Å². The summed E-state index contributed by atoms with van der Waals surface area (Å²) in [6, 6.07) is 8.99. The number of hydrogen-bond donors (Lipinski definition) is 1. The van der Waals surface area contributed by atoms with Crippen molar-refractivity contribution in [3.05, 3.63) is 56.7 Å². The lowest BCUT2D eigenvalue weighted by atomic mass is 10.2. The molecule has 2 aromatic rings. The lowest BCUT2D eigenvalue weighted by Crippen LogP contribution is -2.23. The zero-order valence-electron chi connectivity index (χ0n) is 9.23. The number of hydrogen-bond acceptors (Lipinski definition) is 3. The van der Waals surface area contributed by atoms with Crippen LogP contribution in [0.25, 0.3) is 0 Å². The maximum atomic E-state index is 11.9. The van der Waals surface area contributed by atoms with Crippen LogP contribution in [0.15, 0.2) is 45.5 Å². The van der Waals surface area contributed by atoms with E-state index in [1.165, 1.54) is 0 Å². The molecule has 2 rings (SSSR count). The third-order valence-electron chi connectivity index (χ3n) is 2.18. The average Bonchev–Trinajstić information content (AvgIpc) is 2.36. The molecule has 0 spiro atoms. The van der Waals surface area contributed by atoms with Crippen LogP contribution >= 0.6 is 31.9 Å². The van der Waals surface area contributed by atoms with Crippen LogP contribution in [0.1, 0.15) is 16.1 Å². The zero-order valence-corrected chi connectivity index (χ0v) is 12.4. The highest BCUT2D eigenvalue weighted by Gasteiger charge is 2.07. The first-order chi connectivity index (χ1) is 8.65. The number of aromatic nitrogens is 2. The van der Waals surface area contributed by atoms with Crippen LogP contribution < -0.4 is 5.32 Å². The first kappa shape index (κ1) is 13.2. The Hall–Kier alpha value is -1.27. The van der Waals surface area contributed by atoms with Gasteiger partial charge in [-0.25, -0.2) is 0 Å². The Morgan fingerprint density at radius 3 is 2.56 bits per heavy atom. The minimum Gasteiger partial charge on any atom is -0.346 e. The molecule has 0 unspecified atom stereocenters. The monoisotopic (exact) mass is 369 g/mol. The van der Waals surface area contributed by atoms with Gasteiger partial charge in [0.15, 0.2) is 0 Å². The molecule has 92 valence electrons. The lowest BCUT2D eigenvalue weighted by Gasteiger charge is -2.05. The van der Waals surface area contributed by atoms with E-state index in [-0.39, 0.29) is 5.91 Å². The van der Waals surface area contributed by atoms with E-state index in [1.807, 2.05) is 12.1 Å². The van der Waals surface area contributed by atoms with Crippen LogP contribution in [0.2, 0.25) is 0 Å². The molecule has 1 N–H and O–H groups in total. The maximum Gasteiger partial charge on any atom is 0.251 e. The molecular weight excluding hydrogens is 362 g/mol. The van der Waals surface area contributed by atoms with Gasteiger partial charge in [0.1, 0.15) is 0 Å². The Labute approximate surface area is 121 Å². The summed E-state index contributed by atoms with van der Waals surface area (Å²) in [7, 11) is 0. The fourth-order valence-corrected chi connectivity index (χ4v) is 2.68. The number of rotatable bonds is 3. The SMILES string of the molecule is O=C(NCc1cccnn1)c1cc(Br)cc(Br)c1. The minimum absolute atomic E-state index is 0.150. The molecule has 1 aromatic heterocycles. The third kappa shape index (κ3) is 3.61. The molecule has 0 saturated carbocycles. The normalized spacial score (nSPS) is 10.1. The topological polar surface area (TPSA) is 54.9 Å². The molecule has 0 aliphatic carbocycles. The Kier molecular flexibility index (Phi) is 4.43. The quantitative estimate of drug-likeness (QED) is 0.903. The van der Waals surface area contributed by atoms with Crippen molar-refractivity contribution in [1.82, 2.24) is 15.5 Å². The van der Waals surface area contributed by atoms with E-state index in [1.54, 1.807) is 24.4 Å². The van der Waals surface area contributed by atoms with Gasteiger partial charge in [-0.3, -0.25) is 4.79 Å². The van der Waals surface area contributed by atoms with Gasteiger partial charge >= 0.3 is 0 Å². The van der Waals surface area contributed by atoms with E-state index < -0.39 is 0 Å². The predicted molar refractivity (Wildman–Crippen MR) is 75.0 cm³/mol.